The van der Waals surface area contributed by atoms with E-state index in [0.717, 1.165) is 36.8 Å². The topological polar surface area (TPSA) is 20.2 Å². The molecule has 2 heteroatoms. The molecule has 0 fully saturated rings. The molecule has 3 rings (SSSR count). The summed E-state index contributed by atoms with van der Waals surface area (Å²) in [5.41, 5.74) is 4.95. The molecule has 1 aliphatic heterocycles. The molecule has 100 valence electrons. The Kier molecular flexibility index (Phi) is 3.55. The van der Waals surface area contributed by atoms with Crippen LogP contribution in [0.25, 0.3) is 0 Å². The second-order valence-electron chi connectivity index (χ2n) is 5.19. The molecule has 1 heterocycles. The van der Waals surface area contributed by atoms with Gasteiger partial charge < -0.3 is 5.11 Å². The van der Waals surface area contributed by atoms with Gasteiger partial charge in [0.25, 0.3) is 0 Å². The van der Waals surface area contributed by atoms with Crippen molar-refractivity contribution in [2.75, 3.05) is 0 Å². The van der Waals surface area contributed by atoms with Crippen molar-refractivity contribution in [1.82, 2.24) is 0 Å². The Morgan fingerprint density at radius 3 is 2.68 bits per heavy atom. The molecular weight excluding hydrogens is 252 g/mol. The van der Waals surface area contributed by atoms with E-state index in [9.17, 15) is 5.11 Å². The lowest BCUT2D eigenvalue weighted by Gasteiger charge is -2.30. The molecule has 0 aromatic heterocycles. The second-order valence-corrected chi connectivity index (χ2v) is 6.24. The number of fused-ring (bicyclic) bond motifs is 2. The molecular formula is C17H20OS. The summed E-state index contributed by atoms with van der Waals surface area (Å²) in [7, 11) is 0. The number of thioether (sulfide) groups is 1. The summed E-state index contributed by atoms with van der Waals surface area (Å²) in [4.78, 5) is 2.56. The maximum atomic E-state index is 10.7. The number of rotatable bonds is 2. The first-order valence-electron chi connectivity index (χ1n) is 7.16. The third-order valence-corrected chi connectivity index (χ3v) is 5.31. The van der Waals surface area contributed by atoms with E-state index in [4.69, 9.17) is 0 Å². The fourth-order valence-electron chi connectivity index (χ4n) is 2.87. The van der Waals surface area contributed by atoms with Gasteiger partial charge in [0.15, 0.2) is 0 Å². The summed E-state index contributed by atoms with van der Waals surface area (Å²) in [6.45, 7) is 4.37. The molecule has 2 aliphatic rings. The van der Waals surface area contributed by atoms with Gasteiger partial charge in [-0.2, -0.15) is 0 Å². The van der Waals surface area contributed by atoms with Gasteiger partial charge in [0.1, 0.15) is 6.10 Å². The average molecular weight is 272 g/mol. The number of benzene rings is 1. The van der Waals surface area contributed by atoms with E-state index < -0.39 is 6.10 Å². The summed E-state index contributed by atoms with van der Waals surface area (Å²) >= 11 is 1.85. The first-order valence-corrected chi connectivity index (χ1v) is 7.98. The minimum atomic E-state index is -0.431. The Morgan fingerprint density at radius 1 is 1.16 bits per heavy atom. The number of allylic oxidation sites excluding steroid dienone is 2. The van der Waals surface area contributed by atoms with E-state index in [1.807, 2.05) is 11.8 Å². The van der Waals surface area contributed by atoms with E-state index >= 15 is 0 Å². The molecule has 0 amide bonds. The van der Waals surface area contributed by atoms with Crippen LogP contribution in [0.4, 0.5) is 0 Å². The molecule has 1 N–H and O–H groups in total. The molecule has 0 bridgehead atoms. The van der Waals surface area contributed by atoms with Crippen molar-refractivity contribution >= 4 is 11.8 Å². The number of hydrogen-bond donors (Lipinski definition) is 1. The molecule has 1 atom stereocenters. The number of hydrogen-bond acceptors (Lipinski definition) is 2. The van der Waals surface area contributed by atoms with Gasteiger partial charge in [-0.05, 0) is 47.9 Å². The van der Waals surface area contributed by atoms with Gasteiger partial charge in [0, 0.05) is 9.80 Å². The Hall–Kier alpha value is -0.990. The molecule has 0 saturated carbocycles. The Balaban J connectivity index is 2.16. The smallest absolute Gasteiger partial charge is 0.106 e. The van der Waals surface area contributed by atoms with E-state index in [-0.39, 0.29) is 0 Å². The van der Waals surface area contributed by atoms with Crippen LogP contribution in [-0.2, 0) is 12.8 Å². The van der Waals surface area contributed by atoms with Crippen LogP contribution in [-0.4, -0.2) is 5.11 Å². The van der Waals surface area contributed by atoms with Gasteiger partial charge >= 0.3 is 0 Å². The van der Waals surface area contributed by atoms with Gasteiger partial charge in [-0.15, -0.1) is 0 Å². The standard InChI is InChI=1S/C17H20OS/c1-3-11-9-12(4-2)17-14(10-11)16(18)13-7-5-6-8-15(13)19-17/h7-10,16,18H,3-6H2,1-2H3. The van der Waals surface area contributed by atoms with Crippen LogP contribution in [0, 0.1) is 0 Å². The maximum absolute atomic E-state index is 10.7. The van der Waals surface area contributed by atoms with Crippen molar-refractivity contribution in [3.8, 4) is 0 Å². The second kappa shape index (κ2) is 5.18. The minimum Gasteiger partial charge on any atom is -0.384 e. The van der Waals surface area contributed by atoms with E-state index in [0.29, 0.717) is 0 Å². The van der Waals surface area contributed by atoms with E-state index in [1.165, 1.54) is 20.9 Å². The Bertz CT molecular complexity index is 569. The van der Waals surface area contributed by atoms with Crippen LogP contribution >= 0.6 is 11.8 Å². The fourth-order valence-corrected chi connectivity index (χ4v) is 4.23. The van der Waals surface area contributed by atoms with Crippen LogP contribution < -0.4 is 0 Å². The fraction of sp³-hybridized carbons (Fsp3) is 0.412. The normalized spacial score (nSPS) is 21.3. The number of aryl methyl sites for hydroxylation is 2. The zero-order valence-corrected chi connectivity index (χ0v) is 12.4. The van der Waals surface area contributed by atoms with Crippen LogP contribution in [0.15, 0.2) is 39.7 Å². The van der Waals surface area contributed by atoms with Crippen LogP contribution in [0.1, 0.15) is 49.5 Å². The summed E-state index contributed by atoms with van der Waals surface area (Å²) in [5, 5.41) is 10.7. The molecule has 19 heavy (non-hydrogen) atoms. The molecule has 1 nitrogen and oxygen atoms in total. The summed E-state index contributed by atoms with van der Waals surface area (Å²) in [6, 6.07) is 4.50. The van der Waals surface area contributed by atoms with Gasteiger partial charge in [0.2, 0.25) is 0 Å². The highest BCUT2D eigenvalue weighted by Crippen LogP contribution is 2.50. The maximum Gasteiger partial charge on any atom is 0.106 e. The van der Waals surface area contributed by atoms with Crippen molar-refractivity contribution in [1.29, 1.82) is 0 Å². The van der Waals surface area contributed by atoms with Gasteiger partial charge in [-0.3, -0.25) is 0 Å². The highest BCUT2D eigenvalue weighted by Gasteiger charge is 2.29. The quantitative estimate of drug-likeness (QED) is 0.852. The lowest BCUT2D eigenvalue weighted by atomic mass is 9.92. The monoisotopic (exact) mass is 272 g/mol. The molecule has 1 unspecified atom stereocenters. The highest BCUT2D eigenvalue weighted by atomic mass is 32.2. The predicted molar refractivity (Wildman–Crippen MR) is 81.4 cm³/mol. The Labute approximate surface area is 119 Å². The molecule has 1 aliphatic carbocycles. The van der Waals surface area contributed by atoms with Crippen molar-refractivity contribution < 1.29 is 5.11 Å². The van der Waals surface area contributed by atoms with Gasteiger partial charge in [-0.1, -0.05) is 49.9 Å². The number of aliphatic hydroxyl groups excluding tert-OH is 1. The molecule has 1 aromatic carbocycles. The van der Waals surface area contributed by atoms with Crippen LogP contribution in [0.2, 0.25) is 0 Å². The molecule has 0 spiro atoms. The zero-order valence-electron chi connectivity index (χ0n) is 11.6. The predicted octanol–water partition coefficient (Wildman–Crippen LogP) is 4.55. The van der Waals surface area contributed by atoms with E-state index in [2.05, 4.69) is 38.1 Å². The van der Waals surface area contributed by atoms with Crippen molar-refractivity contribution in [3.05, 3.63) is 51.5 Å². The summed E-state index contributed by atoms with van der Waals surface area (Å²) in [6.07, 6.45) is 8.27. The first kappa shape index (κ1) is 13.0. The summed E-state index contributed by atoms with van der Waals surface area (Å²) < 4.78 is 0. The first-order chi connectivity index (χ1) is 9.24. The third kappa shape index (κ3) is 2.17. The van der Waals surface area contributed by atoms with Crippen LogP contribution in [0.5, 0.6) is 0 Å². The van der Waals surface area contributed by atoms with Crippen LogP contribution in [0.3, 0.4) is 0 Å². The van der Waals surface area contributed by atoms with Crippen molar-refractivity contribution in [2.45, 2.75) is 50.5 Å². The molecule has 0 saturated heterocycles. The lowest BCUT2D eigenvalue weighted by molar-refractivity contribution is 0.214. The van der Waals surface area contributed by atoms with Gasteiger partial charge in [0.05, 0.1) is 0 Å². The van der Waals surface area contributed by atoms with Gasteiger partial charge in [-0.25, -0.2) is 0 Å². The number of aliphatic hydroxyl groups is 1. The highest BCUT2D eigenvalue weighted by molar-refractivity contribution is 8.03. The molecule has 0 radical (unpaired) electrons. The minimum absolute atomic E-state index is 0.431. The van der Waals surface area contributed by atoms with Crippen molar-refractivity contribution in [3.63, 3.8) is 0 Å². The van der Waals surface area contributed by atoms with Crippen molar-refractivity contribution in [2.24, 2.45) is 0 Å². The Morgan fingerprint density at radius 2 is 1.95 bits per heavy atom. The molecule has 1 aromatic rings. The van der Waals surface area contributed by atoms with E-state index in [1.54, 1.807) is 0 Å². The largest absolute Gasteiger partial charge is 0.384 e. The average Bonchev–Trinajstić information content (AvgIpc) is 2.47. The third-order valence-electron chi connectivity index (χ3n) is 3.99. The SMILES string of the molecule is CCc1cc(CC)c2c(c1)C(O)C1=CCCC=C1S2. The summed E-state index contributed by atoms with van der Waals surface area (Å²) in [5.74, 6) is 0. The zero-order chi connectivity index (χ0) is 13.4. The lowest BCUT2D eigenvalue weighted by Crippen LogP contribution is -2.13.